The highest BCUT2D eigenvalue weighted by Gasteiger charge is 2.09. The zero-order valence-corrected chi connectivity index (χ0v) is 10.7. The van der Waals surface area contributed by atoms with Gasteiger partial charge in [-0.1, -0.05) is 0 Å². The molecule has 0 radical (unpaired) electrons. The maximum Gasteiger partial charge on any atom is 0.341 e. The summed E-state index contributed by atoms with van der Waals surface area (Å²) in [5.74, 6) is 0.292. The average Bonchev–Trinajstić information content (AvgIpc) is 2.85. The molecule has 102 valence electrons. The zero-order chi connectivity index (χ0) is 13.2. The molecule has 0 saturated carbocycles. The lowest BCUT2D eigenvalue weighted by Gasteiger charge is -2.04. The van der Waals surface area contributed by atoms with Crippen molar-refractivity contribution in [2.24, 2.45) is 0 Å². The fourth-order valence-electron chi connectivity index (χ4n) is 1.30. The number of carbonyl (C=O) groups is 1. The Kier molecular flexibility index (Phi) is 7.09. The first-order valence-corrected chi connectivity index (χ1v) is 5.71. The predicted octanol–water partition coefficient (Wildman–Crippen LogP) is 0.819. The molecule has 1 aromatic heterocycles. The van der Waals surface area contributed by atoms with Crippen molar-refractivity contribution in [3.05, 3.63) is 23.7 Å². The molecule has 18 heavy (non-hydrogen) atoms. The number of methoxy groups -OCH3 is 2. The maximum atomic E-state index is 11.2. The Labute approximate surface area is 106 Å². The van der Waals surface area contributed by atoms with Gasteiger partial charge in [0.15, 0.2) is 0 Å². The van der Waals surface area contributed by atoms with Crippen molar-refractivity contribution in [2.75, 3.05) is 40.6 Å². The summed E-state index contributed by atoms with van der Waals surface area (Å²) in [5, 5.41) is 3.14. The standard InChI is InChI=1S/C12H19NO5/c1-15-5-6-17-4-3-13-8-11-7-10(9-18-11)12(14)16-2/h7,9,13H,3-6,8H2,1-2H3. The first-order valence-electron chi connectivity index (χ1n) is 5.71. The van der Waals surface area contributed by atoms with Crippen LogP contribution in [0.4, 0.5) is 0 Å². The number of esters is 1. The van der Waals surface area contributed by atoms with Crippen molar-refractivity contribution in [2.45, 2.75) is 6.54 Å². The van der Waals surface area contributed by atoms with Gasteiger partial charge in [-0.15, -0.1) is 0 Å². The molecule has 6 heteroatoms. The number of hydrogen-bond donors (Lipinski definition) is 1. The van der Waals surface area contributed by atoms with E-state index >= 15 is 0 Å². The van der Waals surface area contributed by atoms with Crippen molar-refractivity contribution in [1.29, 1.82) is 0 Å². The summed E-state index contributed by atoms with van der Waals surface area (Å²) in [7, 11) is 2.97. The first-order chi connectivity index (χ1) is 8.77. The van der Waals surface area contributed by atoms with Gasteiger partial charge in [-0.2, -0.15) is 0 Å². The summed E-state index contributed by atoms with van der Waals surface area (Å²) in [6, 6.07) is 1.66. The third-order valence-corrected chi connectivity index (χ3v) is 2.23. The zero-order valence-electron chi connectivity index (χ0n) is 10.7. The number of nitrogens with one attached hydrogen (secondary N) is 1. The normalized spacial score (nSPS) is 10.6. The van der Waals surface area contributed by atoms with Crippen molar-refractivity contribution in [1.82, 2.24) is 5.32 Å². The molecule has 0 bridgehead atoms. The topological polar surface area (TPSA) is 69.9 Å². The molecule has 0 saturated heterocycles. The SMILES string of the molecule is COCCOCCNCc1cc(C(=O)OC)co1. The van der Waals surface area contributed by atoms with Gasteiger partial charge in [-0.05, 0) is 6.07 Å². The van der Waals surface area contributed by atoms with E-state index in [1.165, 1.54) is 13.4 Å². The second-order valence-corrected chi connectivity index (χ2v) is 3.58. The van der Waals surface area contributed by atoms with Crippen LogP contribution in [0.25, 0.3) is 0 Å². The third-order valence-electron chi connectivity index (χ3n) is 2.23. The molecule has 0 fully saturated rings. The van der Waals surface area contributed by atoms with E-state index in [1.54, 1.807) is 13.2 Å². The molecule has 1 aromatic rings. The van der Waals surface area contributed by atoms with E-state index in [2.05, 4.69) is 10.1 Å². The average molecular weight is 257 g/mol. The van der Waals surface area contributed by atoms with E-state index in [1.807, 2.05) is 0 Å². The second-order valence-electron chi connectivity index (χ2n) is 3.58. The molecule has 0 aliphatic rings. The monoisotopic (exact) mass is 257 g/mol. The van der Waals surface area contributed by atoms with Crippen LogP contribution in [0.5, 0.6) is 0 Å². The van der Waals surface area contributed by atoms with Gasteiger partial charge in [0, 0.05) is 13.7 Å². The lowest BCUT2D eigenvalue weighted by Crippen LogP contribution is -2.19. The van der Waals surface area contributed by atoms with Gasteiger partial charge in [0.25, 0.3) is 0 Å². The Hall–Kier alpha value is -1.37. The maximum absolute atomic E-state index is 11.2. The number of furan rings is 1. The Morgan fingerprint density at radius 2 is 2.17 bits per heavy atom. The van der Waals surface area contributed by atoms with Gasteiger partial charge >= 0.3 is 5.97 Å². The number of rotatable bonds is 9. The minimum atomic E-state index is -0.395. The van der Waals surface area contributed by atoms with Gasteiger partial charge in [-0.3, -0.25) is 0 Å². The minimum Gasteiger partial charge on any atom is -0.467 e. The largest absolute Gasteiger partial charge is 0.467 e. The fourth-order valence-corrected chi connectivity index (χ4v) is 1.30. The molecule has 0 aromatic carbocycles. The third kappa shape index (κ3) is 5.31. The molecular weight excluding hydrogens is 238 g/mol. The van der Waals surface area contributed by atoms with Crippen LogP contribution in [0.2, 0.25) is 0 Å². The first kappa shape index (κ1) is 14.7. The van der Waals surface area contributed by atoms with Gasteiger partial charge in [0.2, 0.25) is 0 Å². The molecule has 0 aliphatic heterocycles. The van der Waals surface area contributed by atoms with Gasteiger partial charge in [-0.25, -0.2) is 4.79 Å². The molecule has 6 nitrogen and oxygen atoms in total. The van der Waals surface area contributed by atoms with E-state index < -0.39 is 5.97 Å². The van der Waals surface area contributed by atoms with Crippen LogP contribution in [0.1, 0.15) is 16.1 Å². The summed E-state index contributed by atoms with van der Waals surface area (Å²) in [4.78, 5) is 11.2. The van der Waals surface area contributed by atoms with E-state index in [4.69, 9.17) is 13.9 Å². The van der Waals surface area contributed by atoms with Crippen LogP contribution in [0.15, 0.2) is 16.7 Å². The van der Waals surface area contributed by atoms with Crippen LogP contribution in [-0.2, 0) is 20.8 Å². The van der Waals surface area contributed by atoms with Crippen LogP contribution < -0.4 is 5.32 Å². The van der Waals surface area contributed by atoms with Gasteiger partial charge in [0.05, 0.1) is 39.0 Å². The molecule has 1 rings (SSSR count). The highest BCUT2D eigenvalue weighted by atomic mass is 16.5. The summed E-state index contributed by atoms with van der Waals surface area (Å²) < 4.78 is 19.9. The highest BCUT2D eigenvalue weighted by Crippen LogP contribution is 2.08. The van der Waals surface area contributed by atoms with Crippen LogP contribution in [0, 0.1) is 0 Å². The predicted molar refractivity (Wildman–Crippen MR) is 64.4 cm³/mol. The van der Waals surface area contributed by atoms with Crippen molar-refractivity contribution >= 4 is 5.97 Å². The molecule has 0 unspecified atom stereocenters. The Morgan fingerprint density at radius 1 is 1.33 bits per heavy atom. The van der Waals surface area contributed by atoms with Crippen molar-refractivity contribution in [3.8, 4) is 0 Å². The summed E-state index contributed by atoms with van der Waals surface area (Å²) >= 11 is 0. The van der Waals surface area contributed by atoms with Crippen LogP contribution >= 0.6 is 0 Å². The number of ether oxygens (including phenoxy) is 3. The van der Waals surface area contributed by atoms with Gasteiger partial charge < -0.3 is 23.9 Å². The molecule has 0 aliphatic carbocycles. The summed E-state index contributed by atoms with van der Waals surface area (Å²) in [6.07, 6.45) is 1.39. The molecule has 0 atom stereocenters. The Morgan fingerprint density at radius 3 is 2.89 bits per heavy atom. The minimum absolute atomic E-state index is 0.395. The molecule has 1 N–H and O–H groups in total. The van der Waals surface area contributed by atoms with E-state index in [0.29, 0.717) is 44.2 Å². The second kappa shape index (κ2) is 8.68. The molecular formula is C12H19NO5. The Balaban J connectivity index is 2.12. The fraction of sp³-hybridized carbons (Fsp3) is 0.583. The summed E-state index contributed by atoms with van der Waals surface area (Å²) in [5.41, 5.74) is 0.422. The van der Waals surface area contributed by atoms with Crippen LogP contribution in [0.3, 0.4) is 0 Å². The van der Waals surface area contributed by atoms with Crippen molar-refractivity contribution < 1.29 is 23.4 Å². The highest BCUT2D eigenvalue weighted by molar-refractivity contribution is 5.88. The quantitative estimate of drug-likeness (QED) is 0.521. The number of carbonyl (C=O) groups excluding carboxylic acids is 1. The molecule has 0 spiro atoms. The molecule has 0 amide bonds. The molecule has 1 heterocycles. The summed E-state index contributed by atoms with van der Waals surface area (Å²) in [6.45, 7) is 3.04. The van der Waals surface area contributed by atoms with Crippen LogP contribution in [-0.4, -0.2) is 46.6 Å². The lowest BCUT2D eigenvalue weighted by atomic mass is 10.3. The smallest absolute Gasteiger partial charge is 0.341 e. The van der Waals surface area contributed by atoms with Crippen molar-refractivity contribution in [3.63, 3.8) is 0 Å². The number of hydrogen-bond acceptors (Lipinski definition) is 6. The van der Waals surface area contributed by atoms with Gasteiger partial charge in [0.1, 0.15) is 12.0 Å². The lowest BCUT2D eigenvalue weighted by molar-refractivity contribution is 0.0600. The Bertz CT molecular complexity index is 350. The van der Waals surface area contributed by atoms with E-state index in [-0.39, 0.29) is 0 Å². The van der Waals surface area contributed by atoms with E-state index in [0.717, 1.165) is 0 Å². The van der Waals surface area contributed by atoms with E-state index in [9.17, 15) is 4.79 Å².